The molecule has 0 aliphatic carbocycles. The number of fused-ring (bicyclic) bond motifs is 3. The molecule has 0 radical (unpaired) electrons. The summed E-state index contributed by atoms with van der Waals surface area (Å²) in [5, 5.41) is 2.19. The molecule has 0 saturated heterocycles. The second-order valence-corrected chi connectivity index (χ2v) is 7.71. The maximum atomic E-state index is 6.31. The van der Waals surface area contributed by atoms with E-state index in [0.29, 0.717) is 0 Å². The molecular formula is C22H25ClN2. The van der Waals surface area contributed by atoms with Crippen molar-refractivity contribution < 1.29 is 0 Å². The number of benzene rings is 2. The van der Waals surface area contributed by atoms with E-state index >= 15 is 0 Å². The van der Waals surface area contributed by atoms with E-state index in [0.717, 1.165) is 43.9 Å². The number of rotatable bonds is 3. The van der Waals surface area contributed by atoms with Gasteiger partial charge in [-0.2, -0.15) is 0 Å². The minimum atomic E-state index is 0.837. The summed E-state index contributed by atoms with van der Waals surface area (Å²) < 4.78 is 2.54. The van der Waals surface area contributed by atoms with Crippen molar-refractivity contribution >= 4 is 22.5 Å². The Hall–Kier alpha value is -1.77. The average Bonchev–Trinajstić information content (AvgIpc) is 2.75. The lowest BCUT2D eigenvalue weighted by Crippen LogP contribution is -2.21. The lowest BCUT2D eigenvalue weighted by Gasteiger charge is -2.14. The molecule has 1 aliphatic heterocycles. The smallest absolute Gasteiger partial charge is 0.0486 e. The highest BCUT2D eigenvalue weighted by molar-refractivity contribution is 6.31. The van der Waals surface area contributed by atoms with Crippen LogP contribution in [-0.2, 0) is 25.8 Å². The van der Waals surface area contributed by atoms with Crippen LogP contribution in [0.3, 0.4) is 0 Å². The van der Waals surface area contributed by atoms with E-state index in [9.17, 15) is 0 Å². The molecule has 0 spiro atoms. The molecule has 0 fully saturated rings. The van der Waals surface area contributed by atoms with Crippen molar-refractivity contribution in [3.8, 4) is 0 Å². The molecule has 0 atom stereocenters. The summed E-state index contributed by atoms with van der Waals surface area (Å²) >= 11 is 6.31. The van der Waals surface area contributed by atoms with Gasteiger partial charge in [-0.3, -0.25) is 0 Å². The van der Waals surface area contributed by atoms with Crippen molar-refractivity contribution in [3.63, 3.8) is 0 Å². The predicted octanol–water partition coefficient (Wildman–Crippen LogP) is 4.88. The van der Waals surface area contributed by atoms with Crippen LogP contribution in [-0.4, -0.2) is 29.6 Å². The summed E-state index contributed by atoms with van der Waals surface area (Å²) in [6.45, 7) is 5.42. The van der Waals surface area contributed by atoms with E-state index < -0.39 is 0 Å². The SMILES string of the molecule is Cc1ccc(CCn2c3c(c4cc(Cl)ccc42)CCN(C)CC3)cc1. The molecule has 3 aromatic rings. The third-order valence-corrected chi connectivity index (χ3v) is 5.70. The van der Waals surface area contributed by atoms with Crippen LogP contribution in [0.5, 0.6) is 0 Å². The number of hydrogen-bond acceptors (Lipinski definition) is 1. The fraction of sp³-hybridized carbons (Fsp3) is 0.364. The molecule has 2 aromatic carbocycles. The monoisotopic (exact) mass is 352 g/mol. The maximum absolute atomic E-state index is 6.31. The third-order valence-electron chi connectivity index (χ3n) is 5.47. The lowest BCUT2D eigenvalue weighted by atomic mass is 10.1. The Bertz CT molecular complexity index is 893. The first kappa shape index (κ1) is 16.7. The fourth-order valence-corrected chi connectivity index (χ4v) is 4.15. The normalized spacial score (nSPS) is 15.3. The molecule has 3 heteroatoms. The Morgan fingerprint density at radius 2 is 1.76 bits per heavy atom. The van der Waals surface area contributed by atoms with E-state index in [2.05, 4.69) is 59.8 Å². The van der Waals surface area contributed by atoms with Gasteiger partial charge in [-0.05, 0) is 56.1 Å². The molecule has 1 aliphatic rings. The van der Waals surface area contributed by atoms with Gasteiger partial charge in [0.1, 0.15) is 0 Å². The minimum absolute atomic E-state index is 0.837. The van der Waals surface area contributed by atoms with Gasteiger partial charge in [0.05, 0.1) is 0 Å². The van der Waals surface area contributed by atoms with Crippen molar-refractivity contribution in [1.29, 1.82) is 0 Å². The first-order valence-electron chi connectivity index (χ1n) is 9.15. The first-order valence-corrected chi connectivity index (χ1v) is 9.53. The van der Waals surface area contributed by atoms with Gasteiger partial charge in [0.15, 0.2) is 0 Å². The van der Waals surface area contributed by atoms with Gasteiger partial charge in [0.25, 0.3) is 0 Å². The van der Waals surface area contributed by atoms with Gasteiger partial charge in [-0.1, -0.05) is 41.4 Å². The third kappa shape index (κ3) is 3.33. The van der Waals surface area contributed by atoms with Crippen molar-refractivity contribution in [2.45, 2.75) is 32.7 Å². The number of likely N-dealkylation sites (N-methyl/N-ethyl adjacent to an activating group) is 1. The second-order valence-electron chi connectivity index (χ2n) is 7.28. The predicted molar refractivity (Wildman–Crippen MR) is 107 cm³/mol. The van der Waals surface area contributed by atoms with Crippen molar-refractivity contribution in [1.82, 2.24) is 9.47 Å². The van der Waals surface area contributed by atoms with Crippen LogP contribution in [0.15, 0.2) is 42.5 Å². The van der Waals surface area contributed by atoms with Gasteiger partial charge in [0, 0.05) is 47.7 Å². The molecule has 2 heterocycles. The van der Waals surface area contributed by atoms with E-state index in [4.69, 9.17) is 11.6 Å². The van der Waals surface area contributed by atoms with E-state index in [1.54, 1.807) is 0 Å². The van der Waals surface area contributed by atoms with Gasteiger partial charge < -0.3 is 9.47 Å². The molecule has 0 saturated carbocycles. The molecule has 2 nitrogen and oxygen atoms in total. The molecule has 0 bridgehead atoms. The summed E-state index contributed by atoms with van der Waals surface area (Å²) in [5.41, 5.74) is 7.08. The van der Waals surface area contributed by atoms with Crippen molar-refractivity contribution in [2.24, 2.45) is 0 Å². The molecule has 0 N–H and O–H groups in total. The average molecular weight is 353 g/mol. The largest absolute Gasteiger partial charge is 0.344 e. The van der Waals surface area contributed by atoms with Gasteiger partial charge in [-0.25, -0.2) is 0 Å². The zero-order valence-electron chi connectivity index (χ0n) is 15.1. The van der Waals surface area contributed by atoms with Crippen LogP contribution in [0.4, 0.5) is 0 Å². The summed E-state index contributed by atoms with van der Waals surface area (Å²) in [6.07, 6.45) is 3.29. The Kier molecular flexibility index (Phi) is 4.58. The van der Waals surface area contributed by atoms with Crippen LogP contribution in [0.2, 0.25) is 5.02 Å². The van der Waals surface area contributed by atoms with Crippen LogP contribution in [0.25, 0.3) is 10.9 Å². The molecule has 25 heavy (non-hydrogen) atoms. The van der Waals surface area contributed by atoms with Crippen LogP contribution < -0.4 is 0 Å². The number of hydrogen-bond donors (Lipinski definition) is 0. The van der Waals surface area contributed by atoms with E-state index in [1.165, 1.54) is 33.3 Å². The Balaban J connectivity index is 1.73. The standard InChI is InChI=1S/C22H25ClN2/c1-16-3-5-17(6-4-16)9-14-25-21-8-7-18(23)15-20(21)19-10-12-24(2)13-11-22(19)25/h3-8,15H,9-14H2,1-2H3. The number of halogens is 1. The molecule has 1 aromatic heterocycles. The van der Waals surface area contributed by atoms with Crippen LogP contribution >= 0.6 is 11.6 Å². The molecule has 130 valence electrons. The zero-order chi connectivity index (χ0) is 17.4. The van der Waals surface area contributed by atoms with E-state index in [-0.39, 0.29) is 0 Å². The summed E-state index contributed by atoms with van der Waals surface area (Å²) in [7, 11) is 2.22. The number of nitrogens with zero attached hydrogens (tertiary/aromatic N) is 2. The summed E-state index contributed by atoms with van der Waals surface area (Å²) in [4.78, 5) is 2.43. The Labute approximate surface area is 155 Å². The zero-order valence-corrected chi connectivity index (χ0v) is 15.8. The minimum Gasteiger partial charge on any atom is -0.344 e. The quantitative estimate of drug-likeness (QED) is 0.652. The van der Waals surface area contributed by atoms with Crippen LogP contribution in [0.1, 0.15) is 22.4 Å². The molecule has 0 unspecified atom stereocenters. The fourth-order valence-electron chi connectivity index (χ4n) is 3.98. The molecule has 4 rings (SSSR count). The van der Waals surface area contributed by atoms with Crippen LogP contribution in [0, 0.1) is 6.92 Å². The topological polar surface area (TPSA) is 8.17 Å². The number of aryl methyl sites for hydroxylation is 3. The van der Waals surface area contributed by atoms with Crippen molar-refractivity contribution in [2.75, 3.05) is 20.1 Å². The maximum Gasteiger partial charge on any atom is 0.0486 e. The summed E-state index contributed by atoms with van der Waals surface area (Å²) in [5.74, 6) is 0. The van der Waals surface area contributed by atoms with Gasteiger partial charge in [-0.15, -0.1) is 0 Å². The highest BCUT2D eigenvalue weighted by Crippen LogP contribution is 2.31. The van der Waals surface area contributed by atoms with Gasteiger partial charge in [0.2, 0.25) is 0 Å². The van der Waals surface area contributed by atoms with Gasteiger partial charge >= 0.3 is 0 Å². The highest BCUT2D eigenvalue weighted by atomic mass is 35.5. The summed E-state index contributed by atoms with van der Waals surface area (Å²) in [6, 6.07) is 15.3. The number of aromatic nitrogens is 1. The van der Waals surface area contributed by atoms with Crippen molar-refractivity contribution in [3.05, 3.63) is 69.9 Å². The lowest BCUT2D eigenvalue weighted by molar-refractivity contribution is 0.351. The first-order chi connectivity index (χ1) is 12.1. The van der Waals surface area contributed by atoms with E-state index in [1.807, 2.05) is 6.07 Å². The molecular weight excluding hydrogens is 328 g/mol. The second kappa shape index (κ2) is 6.86. The Morgan fingerprint density at radius 1 is 1.00 bits per heavy atom. The Morgan fingerprint density at radius 3 is 2.56 bits per heavy atom. The highest BCUT2D eigenvalue weighted by Gasteiger charge is 2.20. The molecule has 0 amide bonds.